The lowest BCUT2D eigenvalue weighted by Gasteiger charge is -2.29. The third kappa shape index (κ3) is 5.30. The largest absolute Gasteiger partial charge is 0.496 e. The van der Waals surface area contributed by atoms with Gasteiger partial charge in [-0.3, -0.25) is 4.79 Å². The Balaban J connectivity index is 1.89. The molecule has 1 aromatic heterocycles. The zero-order chi connectivity index (χ0) is 26.9. The lowest BCUT2D eigenvalue weighted by atomic mass is 9.98. The van der Waals surface area contributed by atoms with Crippen LogP contribution in [0.1, 0.15) is 41.4 Å². The number of ether oxygens (including phenoxy) is 2. The molecule has 2 aromatic carbocycles. The first-order chi connectivity index (χ1) is 17.7. The SMILES string of the molecule is COc1cc2c(cc1Cc1cc(N3CCOCC3)cc(Cl)c1F)c(=O)c(C(=O)O)cn2C(CO)C(C)C. The number of morpholine rings is 1. The highest BCUT2D eigenvalue weighted by atomic mass is 35.5. The lowest BCUT2D eigenvalue weighted by Crippen LogP contribution is -2.36. The van der Waals surface area contributed by atoms with Gasteiger partial charge in [0.2, 0.25) is 5.43 Å². The van der Waals surface area contributed by atoms with Gasteiger partial charge in [0, 0.05) is 42.8 Å². The van der Waals surface area contributed by atoms with E-state index in [2.05, 4.69) is 4.90 Å². The summed E-state index contributed by atoms with van der Waals surface area (Å²) in [7, 11) is 1.47. The van der Waals surface area contributed by atoms with Crippen molar-refractivity contribution in [2.45, 2.75) is 26.3 Å². The number of pyridine rings is 1. The van der Waals surface area contributed by atoms with E-state index < -0.39 is 28.8 Å². The van der Waals surface area contributed by atoms with Crippen LogP contribution in [-0.2, 0) is 11.2 Å². The number of aromatic nitrogens is 1. The van der Waals surface area contributed by atoms with Crippen LogP contribution in [-0.4, -0.2) is 60.8 Å². The van der Waals surface area contributed by atoms with Crippen LogP contribution < -0.4 is 15.1 Å². The van der Waals surface area contributed by atoms with E-state index in [0.29, 0.717) is 48.7 Å². The molecule has 1 saturated heterocycles. The summed E-state index contributed by atoms with van der Waals surface area (Å²) >= 11 is 6.25. The van der Waals surface area contributed by atoms with Crippen LogP contribution >= 0.6 is 11.6 Å². The number of carboxylic acid groups (broad SMARTS) is 1. The Hall–Kier alpha value is -3.14. The van der Waals surface area contributed by atoms with Crippen molar-refractivity contribution in [3.8, 4) is 5.75 Å². The Bertz CT molecular complexity index is 1380. The van der Waals surface area contributed by atoms with Gasteiger partial charge in [0.05, 0.1) is 43.5 Å². The Morgan fingerprint density at radius 3 is 2.49 bits per heavy atom. The second kappa shape index (κ2) is 11.1. The average Bonchev–Trinajstić information content (AvgIpc) is 2.88. The van der Waals surface area contributed by atoms with Crippen LogP contribution in [0.3, 0.4) is 0 Å². The molecule has 0 bridgehead atoms. The van der Waals surface area contributed by atoms with E-state index in [1.807, 2.05) is 13.8 Å². The van der Waals surface area contributed by atoms with Gasteiger partial charge in [-0.05, 0) is 35.2 Å². The predicted molar refractivity (Wildman–Crippen MR) is 140 cm³/mol. The summed E-state index contributed by atoms with van der Waals surface area (Å²) in [5.74, 6) is -1.59. The maximum atomic E-state index is 15.2. The van der Waals surface area contributed by atoms with Crippen molar-refractivity contribution in [3.05, 3.63) is 68.2 Å². The third-order valence-electron chi connectivity index (χ3n) is 6.82. The number of halogens is 2. The molecule has 198 valence electrons. The third-order valence-corrected chi connectivity index (χ3v) is 7.10. The van der Waals surface area contributed by atoms with Gasteiger partial charge in [0.15, 0.2) is 0 Å². The minimum Gasteiger partial charge on any atom is -0.496 e. The van der Waals surface area contributed by atoms with Crippen molar-refractivity contribution in [1.82, 2.24) is 4.57 Å². The number of carbonyl (C=O) groups is 1. The smallest absolute Gasteiger partial charge is 0.341 e. The minimum absolute atomic E-state index is 0.0167. The summed E-state index contributed by atoms with van der Waals surface area (Å²) < 4.78 is 27.8. The van der Waals surface area contributed by atoms with Gasteiger partial charge in [-0.1, -0.05) is 25.4 Å². The molecule has 0 amide bonds. The Kier molecular flexibility index (Phi) is 8.06. The number of benzene rings is 2. The fraction of sp³-hybridized carbons (Fsp3) is 0.407. The van der Waals surface area contributed by atoms with Gasteiger partial charge < -0.3 is 29.2 Å². The summed E-state index contributed by atoms with van der Waals surface area (Å²) in [6.07, 6.45) is 1.32. The van der Waals surface area contributed by atoms with E-state index >= 15 is 4.39 Å². The number of nitrogens with zero attached hydrogens (tertiary/aromatic N) is 2. The average molecular weight is 533 g/mol. The molecule has 0 aliphatic carbocycles. The van der Waals surface area contributed by atoms with Gasteiger partial charge in [-0.2, -0.15) is 0 Å². The van der Waals surface area contributed by atoms with E-state index in [-0.39, 0.29) is 29.4 Å². The van der Waals surface area contributed by atoms with Crippen LogP contribution in [0.15, 0.2) is 35.3 Å². The van der Waals surface area contributed by atoms with Crippen LogP contribution in [0.2, 0.25) is 5.02 Å². The van der Waals surface area contributed by atoms with Gasteiger partial charge in [0.1, 0.15) is 17.1 Å². The summed E-state index contributed by atoms with van der Waals surface area (Å²) in [5, 5.41) is 19.8. The van der Waals surface area contributed by atoms with Crippen molar-refractivity contribution in [2.24, 2.45) is 5.92 Å². The maximum absolute atomic E-state index is 15.2. The van der Waals surface area contributed by atoms with E-state index in [9.17, 15) is 19.8 Å². The van der Waals surface area contributed by atoms with Crippen LogP contribution in [0.5, 0.6) is 5.75 Å². The minimum atomic E-state index is -1.37. The molecule has 10 heteroatoms. The molecule has 2 heterocycles. The fourth-order valence-corrected chi connectivity index (χ4v) is 5.00. The Labute approximate surface area is 218 Å². The number of rotatable bonds is 8. The van der Waals surface area contributed by atoms with Gasteiger partial charge in [-0.25, -0.2) is 9.18 Å². The summed E-state index contributed by atoms with van der Waals surface area (Å²) in [6.45, 7) is 5.96. The topological polar surface area (TPSA) is 101 Å². The van der Waals surface area contributed by atoms with Crippen LogP contribution in [0.25, 0.3) is 10.9 Å². The molecule has 37 heavy (non-hydrogen) atoms. The quantitative estimate of drug-likeness (QED) is 0.450. The van der Waals surface area contributed by atoms with E-state index in [1.54, 1.807) is 28.8 Å². The first-order valence-corrected chi connectivity index (χ1v) is 12.4. The van der Waals surface area contributed by atoms with Gasteiger partial charge >= 0.3 is 5.97 Å². The van der Waals surface area contributed by atoms with E-state index in [4.69, 9.17) is 21.1 Å². The number of hydrogen-bond acceptors (Lipinski definition) is 6. The lowest BCUT2D eigenvalue weighted by molar-refractivity contribution is 0.0694. The molecule has 1 aliphatic heterocycles. The molecule has 0 radical (unpaired) electrons. The molecule has 4 rings (SSSR count). The molecule has 1 aliphatic rings. The van der Waals surface area contributed by atoms with Gasteiger partial charge in [-0.15, -0.1) is 0 Å². The predicted octanol–water partition coefficient (Wildman–Crippen LogP) is 4.12. The Morgan fingerprint density at radius 2 is 1.89 bits per heavy atom. The number of aromatic carboxylic acids is 1. The highest BCUT2D eigenvalue weighted by molar-refractivity contribution is 6.31. The number of aliphatic hydroxyl groups is 1. The summed E-state index contributed by atoms with van der Waals surface area (Å²) in [5.41, 5.74) is 0.929. The van der Waals surface area contributed by atoms with Crippen molar-refractivity contribution < 1.29 is 28.9 Å². The zero-order valence-electron chi connectivity index (χ0n) is 21.0. The van der Waals surface area contributed by atoms with Crippen LogP contribution in [0, 0.1) is 11.7 Å². The second-order valence-electron chi connectivity index (χ2n) is 9.44. The molecule has 0 saturated carbocycles. The number of anilines is 1. The molecule has 2 N–H and O–H groups in total. The molecular weight excluding hydrogens is 503 g/mol. The fourth-order valence-electron chi connectivity index (χ4n) is 4.76. The molecule has 1 unspecified atom stereocenters. The molecule has 3 aromatic rings. The molecule has 8 nitrogen and oxygen atoms in total. The first-order valence-electron chi connectivity index (χ1n) is 12.1. The zero-order valence-corrected chi connectivity index (χ0v) is 21.7. The van der Waals surface area contributed by atoms with Crippen molar-refractivity contribution in [1.29, 1.82) is 0 Å². The highest BCUT2D eigenvalue weighted by Crippen LogP contribution is 2.33. The monoisotopic (exact) mass is 532 g/mol. The maximum Gasteiger partial charge on any atom is 0.341 e. The molecule has 1 atom stereocenters. The van der Waals surface area contributed by atoms with Crippen molar-refractivity contribution in [3.63, 3.8) is 0 Å². The second-order valence-corrected chi connectivity index (χ2v) is 9.84. The Morgan fingerprint density at radius 1 is 1.19 bits per heavy atom. The van der Waals surface area contributed by atoms with Crippen molar-refractivity contribution in [2.75, 3.05) is 44.9 Å². The number of fused-ring (bicyclic) bond motifs is 1. The number of carboxylic acids is 1. The molecule has 0 spiro atoms. The summed E-state index contributed by atoms with van der Waals surface area (Å²) in [6, 6.07) is 6.01. The van der Waals surface area contributed by atoms with E-state index in [0.717, 1.165) is 5.69 Å². The number of aliphatic hydroxyl groups excluding tert-OH is 1. The standard InChI is InChI=1S/C27H30ClFN2O6/c1-15(2)23(14-32)31-13-20(27(34)35)26(33)19-10-16(24(36-3)12-22(19)31)8-17-9-18(11-21(28)25(17)29)30-4-6-37-7-5-30/h9-13,15,23,32H,4-8,14H2,1-3H3,(H,34,35). The molecular formula is C27H30ClFN2O6. The number of methoxy groups -OCH3 is 1. The molecule has 1 fully saturated rings. The van der Waals surface area contributed by atoms with Crippen molar-refractivity contribution >= 4 is 34.2 Å². The van der Waals surface area contributed by atoms with Crippen LogP contribution in [0.4, 0.5) is 10.1 Å². The normalized spacial score (nSPS) is 14.8. The highest BCUT2D eigenvalue weighted by Gasteiger charge is 2.24. The summed E-state index contributed by atoms with van der Waals surface area (Å²) in [4.78, 5) is 27.1. The van der Waals surface area contributed by atoms with E-state index in [1.165, 1.54) is 13.3 Å². The van der Waals surface area contributed by atoms with Gasteiger partial charge in [0.25, 0.3) is 0 Å². The number of hydrogen-bond donors (Lipinski definition) is 2. The first kappa shape index (κ1) is 26.9.